The summed E-state index contributed by atoms with van der Waals surface area (Å²) in [7, 11) is -4.64. The van der Waals surface area contributed by atoms with Gasteiger partial charge in [0, 0.05) is 6.42 Å². The van der Waals surface area contributed by atoms with Crippen molar-refractivity contribution in [2.75, 3.05) is 46.1 Å². The number of nitrogens with one attached hydrogen (secondary N) is 1. The predicted octanol–water partition coefficient (Wildman–Crippen LogP) is 2.75. The highest BCUT2D eigenvalue weighted by atomic mass is 32.3. The van der Waals surface area contributed by atoms with Crippen molar-refractivity contribution in [2.24, 2.45) is 5.92 Å². The number of aliphatic hydroxyl groups excluding tert-OH is 3. The molecule has 10 nitrogen and oxygen atoms in total. The molecule has 0 spiro atoms. The maximum atomic E-state index is 11.5. The fraction of sp³-hybridized carbons (Fsp3) is 0.964. The highest BCUT2D eigenvalue weighted by Crippen LogP contribution is 2.18. The van der Waals surface area contributed by atoms with Crippen molar-refractivity contribution in [3.8, 4) is 0 Å². The zero-order valence-electron chi connectivity index (χ0n) is 24.9. The molecule has 0 heterocycles. The first-order valence-electron chi connectivity index (χ1n) is 15.0. The number of hydrogen-bond acceptors (Lipinski definition) is 9. The average molecular weight is 586 g/mol. The SMILES string of the molecule is CCCCCCCCC(CCCCCCCCC(=O)OCC(C)C)OS(=O)(=O)[O-].OCC[NH+](CCO)CCO. The second kappa shape index (κ2) is 28.7. The van der Waals surface area contributed by atoms with Gasteiger partial charge in [0.1, 0.15) is 19.6 Å². The lowest BCUT2D eigenvalue weighted by Gasteiger charge is -2.19. The number of ether oxygens (including phenoxy) is 1. The molecule has 0 bridgehead atoms. The van der Waals surface area contributed by atoms with Crippen LogP contribution in [-0.4, -0.2) is 86.4 Å². The monoisotopic (exact) mass is 585 g/mol. The fourth-order valence-corrected chi connectivity index (χ4v) is 4.61. The molecule has 0 aliphatic heterocycles. The van der Waals surface area contributed by atoms with Gasteiger partial charge in [-0.1, -0.05) is 91.4 Å². The largest absolute Gasteiger partial charge is 0.726 e. The zero-order valence-corrected chi connectivity index (χ0v) is 25.7. The van der Waals surface area contributed by atoms with E-state index in [4.69, 9.17) is 24.2 Å². The van der Waals surface area contributed by atoms with E-state index >= 15 is 0 Å². The van der Waals surface area contributed by atoms with Crippen molar-refractivity contribution in [3.05, 3.63) is 0 Å². The van der Waals surface area contributed by atoms with E-state index in [1.54, 1.807) is 0 Å². The van der Waals surface area contributed by atoms with Crippen LogP contribution < -0.4 is 4.90 Å². The third-order valence-corrected chi connectivity index (χ3v) is 6.77. The molecule has 0 aromatic heterocycles. The van der Waals surface area contributed by atoms with Crippen LogP contribution in [0.2, 0.25) is 0 Å². The Kier molecular flexibility index (Phi) is 29.7. The van der Waals surface area contributed by atoms with E-state index in [0.717, 1.165) is 62.7 Å². The molecule has 0 rings (SSSR count). The van der Waals surface area contributed by atoms with Gasteiger partial charge in [-0.15, -0.1) is 0 Å². The standard InChI is InChI=1S/C22H44O6S.C6H15NO3/c1-4-5-6-7-10-13-16-21(28-29(24,25)26)17-14-11-8-9-12-15-18-22(23)27-19-20(2)3;8-4-1-7(2-5-9)3-6-10/h20-21H,4-19H2,1-3H3,(H,24,25,26);8-10H,1-6H2. The molecular weight excluding hydrogens is 526 g/mol. The Morgan fingerprint density at radius 1 is 0.769 bits per heavy atom. The molecule has 0 aliphatic rings. The number of unbranched alkanes of at least 4 members (excludes halogenated alkanes) is 10. The van der Waals surface area contributed by atoms with Gasteiger partial charge in [-0.25, -0.2) is 8.42 Å². The van der Waals surface area contributed by atoms with Crippen LogP contribution >= 0.6 is 0 Å². The van der Waals surface area contributed by atoms with Crippen LogP contribution in [0.4, 0.5) is 0 Å². The zero-order chi connectivity index (χ0) is 29.8. The van der Waals surface area contributed by atoms with E-state index in [1.165, 1.54) is 19.3 Å². The first kappa shape index (κ1) is 40.3. The molecule has 0 aliphatic carbocycles. The van der Waals surface area contributed by atoms with Crippen LogP contribution in [0, 0.1) is 5.92 Å². The lowest BCUT2D eigenvalue weighted by Crippen LogP contribution is -3.13. The van der Waals surface area contributed by atoms with E-state index in [1.807, 2.05) is 13.8 Å². The van der Waals surface area contributed by atoms with Gasteiger partial charge < -0.3 is 29.5 Å². The summed E-state index contributed by atoms with van der Waals surface area (Å²) >= 11 is 0. The van der Waals surface area contributed by atoms with Crippen LogP contribution in [0.15, 0.2) is 0 Å². The van der Waals surface area contributed by atoms with Crippen LogP contribution in [0.1, 0.15) is 117 Å². The van der Waals surface area contributed by atoms with Gasteiger partial charge in [0.05, 0.1) is 32.5 Å². The molecular formula is C28H59NO9S. The second-order valence-electron chi connectivity index (χ2n) is 10.6. The van der Waals surface area contributed by atoms with Gasteiger partial charge in [0.15, 0.2) is 0 Å². The van der Waals surface area contributed by atoms with Gasteiger partial charge in [-0.3, -0.25) is 8.98 Å². The highest BCUT2D eigenvalue weighted by molar-refractivity contribution is 7.80. The Morgan fingerprint density at radius 2 is 1.21 bits per heavy atom. The summed E-state index contributed by atoms with van der Waals surface area (Å²) in [5, 5.41) is 25.5. The number of carbonyl (C=O) groups is 1. The minimum absolute atomic E-state index is 0.106. The predicted molar refractivity (Wildman–Crippen MR) is 152 cm³/mol. The van der Waals surface area contributed by atoms with E-state index in [-0.39, 0.29) is 25.8 Å². The van der Waals surface area contributed by atoms with E-state index < -0.39 is 16.5 Å². The minimum Gasteiger partial charge on any atom is -0.726 e. The summed E-state index contributed by atoms with van der Waals surface area (Å²) < 4.78 is 42.7. The quantitative estimate of drug-likeness (QED) is 0.0518. The van der Waals surface area contributed by atoms with Crippen LogP contribution in [0.5, 0.6) is 0 Å². The van der Waals surface area contributed by atoms with Crippen molar-refractivity contribution in [1.29, 1.82) is 0 Å². The van der Waals surface area contributed by atoms with E-state index in [9.17, 15) is 17.8 Å². The van der Waals surface area contributed by atoms with Gasteiger partial charge >= 0.3 is 5.97 Å². The summed E-state index contributed by atoms with van der Waals surface area (Å²) in [6.45, 7) is 8.81. The van der Waals surface area contributed by atoms with Crippen LogP contribution in [0.3, 0.4) is 0 Å². The number of aliphatic hydroxyl groups is 3. The number of quaternary nitrogens is 1. The Bertz CT molecular complexity index is 618. The Balaban J connectivity index is 0. The average Bonchev–Trinajstić information content (AvgIpc) is 2.86. The maximum Gasteiger partial charge on any atom is 0.305 e. The summed E-state index contributed by atoms with van der Waals surface area (Å²) in [6, 6.07) is 0. The molecule has 4 N–H and O–H groups in total. The molecule has 0 aromatic carbocycles. The Labute approximate surface area is 238 Å². The lowest BCUT2D eigenvalue weighted by molar-refractivity contribution is -0.901. The summed E-state index contributed by atoms with van der Waals surface area (Å²) in [5.41, 5.74) is 0. The van der Waals surface area contributed by atoms with Gasteiger partial charge in [-0.05, 0) is 25.2 Å². The molecule has 0 saturated carbocycles. The molecule has 0 saturated heterocycles. The number of esters is 1. The second-order valence-corrected chi connectivity index (χ2v) is 11.6. The van der Waals surface area contributed by atoms with E-state index in [0.29, 0.717) is 51.4 Å². The maximum absolute atomic E-state index is 11.5. The molecule has 11 heteroatoms. The first-order chi connectivity index (χ1) is 18.6. The van der Waals surface area contributed by atoms with Crippen molar-refractivity contribution in [1.82, 2.24) is 0 Å². The summed E-state index contributed by atoms with van der Waals surface area (Å²) in [5.74, 6) is 0.247. The van der Waals surface area contributed by atoms with Gasteiger partial charge in [-0.2, -0.15) is 0 Å². The molecule has 39 heavy (non-hydrogen) atoms. The van der Waals surface area contributed by atoms with Crippen LogP contribution in [-0.2, 0) is 24.1 Å². The number of hydrogen-bond donors (Lipinski definition) is 4. The van der Waals surface area contributed by atoms with Crippen molar-refractivity contribution >= 4 is 16.4 Å². The van der Waals surface area contributed by atoms with Crippen molar-refractivity contribution < 1.29 is 46.9 Å². The summed E-state index contributed by atoms with van der Waals surface area (Å²) in [6.07, 6.45) is 13.7. The van der Waals surface area contributed by atoms with Gasteiger partial charge in [0.25, 0.3) is 0 Å². The molecule has 1 atom stereocenters. The number of rotatable bonds is 26. The van der Waals surface area contributed by atoms with Crippen molar-refractivity contribution in [2.45, 2.75) is 123 Å². The summed E-state index contributed by atoms with van der Waals surface area (Å²) in [4.78, 5) is 12.6. The topological polar surface area (TPSA) is 158 Å². The normalized spacial score (nSPS) is 12.4. The van der Waals surface area contributed by atoms with Gasteiger partial charge in [0.2, 0.25) is 10.4 Å². The molecule has 0 aromatic rings. The smallest absolute Gasteiger partial charge is 0.305 e. The fourth-order valence-electron chi connectivity index (χ4n) is 4.09. The molecule has 1 unspecified atom stereocenters. The first-order valence-corrected chi connectivity index (χ1v) is 16.4. The molecule has 0 fully saturated rings. The lowest BCUT2D eigenvalue weighted by atomic mass is 10.0. The third kappa shape index (κ3) is 33.3. The van der Waals surface area contributed by atoms with Crippen molar-refractivity contribution in [3.63, 3.8) is 0 Å². The van der Waals surface area contributed by atoms with E-state index in [2.05, 4.69) is 6.92 Å². The van der Waals surface area contributed by atoms with Crippen LogP contribution in [0.25, 0.3) is 0 Å². The molecule has 236 valence electrons. The Hall–Kier alpha value is -0.820. The Morgan fingerprint density at radius 3 is 1.62 bits per heavy atom. The molecule has 0 radical (unpaired) electrons. The third-order valence-electron chi connectivity index (χ3n) is 6.26. The highest BCUT2D eigenvalue weighted by Gasteiger charge is 2.13. The number of carbonyl (C=O) groups excluding carboxylic acids is 1. The minimum atomic E-state index is -4.64. The molecule has 0 amide bonds.